The number of hydrogen-bond donors (Lipinski definition) is 1. The molecule has 1 aromatic carbocycles. The van der Waals surface area contributed by atoms with E-state index in [1.54, 1.807) is 0 Å². The molecule has 1 heterocycles. The van der Waals surface area contributed by atoms with Gasteiger partial charge in [0.25, 0.3) is 0 Å². The van der Waals surface area contributed by atoms with Gasteiger partial charge in [0, 0.05) is 26.2 Å². The van der Waals surface area contributed by atoms with Gasteiger partial charge in [-0.25, -0.2) is 0 Å². The van der Waals surface area contributed by atoms with Crippen molar-refractivity contribution in [1.29, 1.82) is 0 Å². The van der Waals surface area contributed by atoms with E-state index in [0.717, 1.165) is 45.5 Å². The van der Waals surface area contributed by atoms with Crippen LogP contribution in [0.5, 0.6) is 0 Å². The predicted octanol–water partition coefficient (Wildman–Crippen LogP) is 4.00. The number of rotatable bonds is 6. The van der Waals surface area contributed by atoms with Crippen LogP contribution in [0.25, 0.3) is 0 Å². The summed E-state index contributed by atoms with van der Waals surface area (Å²) in [4.78, 5) is 16.1. The lowest BCUT2D eigenvalue weighted by atomic mass is 9.42. The second kappa shape index (κ2) is 7.94. The number of amides is 1. The minimum absolute atomic E-state index is 0.124. The first-order valence-electron chi connectivity index (χ1n) is 12.1. The normalized spacial score (nSPS) is 38.2. The summed E-state index contributed by atoms with van der Waals surface area (Å²) in [6, 6.07) is 11.1. The molecule has 4 bridgehead atoms. The van der Waals surface area contributed by atoms with E-state index in [1.165, 1.54) is 24.8 Å². The molecule has 1 amide bonds. The van der Waals surface area contributed by atoms with Gasteiger partial charge in [-0.15, -0.1) is 0 Å². The van der Waals surface area contributed by atoms with E-state index in [1.807, 2.05) is 0 Å². The highest BCUT2D eigenvalue weighted by Gasteiger charge is 2.60. The van der Waals surface area contributed by atoms with E-state index in [-0.39, 0.29) is 16.9 Å². The average Bonchev–Trinajstić information content (AvgIpc) is 2.71. The van der Waals surface area contributed by atoms with Crippen molar-refractivity contribution in [2.24, 2.45) is 23.2 Å². The summed E-state index contributed by atoms with van der Waals surface area (Å²) in [6.45, 7) is 9.02. The van der Waals surface area contributed by atoms with Gasteiger partial charge in [0.2, 0.25) is 5.91 Å². The Labute approximate surface area is 181 Å². The van der Waals surface area contributed by atoms with Crippen LogP contribution in [0, 0.1) is 23.2 Å². The maximum Gasteiger partial charge on any atom is 0.226 e. The monoisotopic (exact) mass is 410 g/mol. The third-order valence-electron chi connectivity index (χ3n) is 8.27. The lowest BCUT2D eigenvalue weighted by Gasteiger charge is -2.61. The molecule has 5 fully saturated rings. The van der Waals surface area contributed by atoms with Gasteiger partial charge in [0.15, 0.2) is 0 Å². The minimum atomic E-state index is -0.161. The molecule has 1 aromatic rings. The van der Waals surface area contributed by atoms with Crippen LogP contribution in [0.2, 0.25) is 0 Å². The highest BCUT2D eigenvalue weighted by Crippen LogP contribution is 2.65. The Kier molecular flexibility index (Phi) is 5.43. The zero-order chi connectivity index (χ0) is 20.8. The molecule has 2 unspecified atom stereocenters. The number of nitrogens with zero attached hydrogens (tertiary/aromatic N) is 1. The number of benzene rings is 1. The number of carbonyl (C=O) groups is 1. The summed E-state index contributed by atoms with van der Waals surface area (Å²) in [5, 5.41) is 3.36. The Morgan fingerprint density at radius 1 is 1.17 bits per heavy atom. The van der Waals surface area contributed by atoms with Gasteiger partial charge >= 0.3 is 0 Å². The van der Waals surface area contributed by atoms with Crippen molar-refractivity contribution in [3.05, 3.63) is 35.9 Å². The predicted molar refractivity (Wildman–Crippen MR) is 119 cm³/mol. The van der Waals surface area contributed by atoms with Crippen molar-refractivity contribution in [3.63, 3.8) is 0 Å². The Hall–Kier alpha value is -1.39. The van der Waals surface area contributed by atoms with Crippen molar-refractivity contribution >= 4 is 5.91 Å². The van der Waals surface area contributed by atoms with Gasteiger partial charge in [-0.2, -0.15) is 0 Å². The van der Waals surface area contributed by atoms with Crippen molar-refractivity contribution < 1.29 is 9.53 Å². The first kappa shape index (κ1) is 20.5. The molecule has 1 N–H and O–H groups in total. The SMILES string of the molecule is CC(C)CN1CCO[C@@H](CNC(=O)C23C[C@H]4C[C@@H](C2)CC(c2ccccc2)(C4)C3)C1. The number of hydrogen-bond acceptors (Lipinski definition) is 3. The largest absolute Gasteiger partial charge is 0.374 e. The second-order valence-corrected chi connectivity index (χ2v) is 11.2. The van der Waals surface area contributed by atoms with E-state index in [0.29, 0.717) is 30.2 Å². The highest BCUT2D eigenvalue weighted by atomic mass is 16.5. The molecule has 1 aliphatic heterocycles. The Morgan fingerprint density at radius 3 is 2.60 bits per heavy atom. The second-order valence-electron chi connectivity index (χ2n) is 11.2. The van der Waals surface area contributed by atoms with Crippen molar-refractivity contribution in [2.45, 2.75) is 63.9 Å². The number of carbonyl (C=O) groups excluding carboxylic acids is 1. The van der Waals surface area contributed by atoms with Crippen LogP contribution < -0.4 is 5.32 Å². The molecule has 4 saturated carbocycles. The summed E-state index contributed by atoms with van der Waals surface area (Å²) < 4.78 is 5.99. The molecule has 6 rings (SSSR count). The van der Waals surface area contributed by atoms with Gasteiger partial charge in [-0.3, -0.25) is 9.69 Å². The van der Waals surface area contributed by atoms with Gasteiger partial charge in [-0.1, -0.05) is 44.2 Å². The third-order valence-corrected chi connectivity index (χ3v) is 8.27. The molecule has 4 heteroatoms. The van der Waals surface area contributed by atoms with Gasteiger partial charge in [0.1, 0.15) is 0 Å². The summed E-state index contributed by atoms with van der Waals surface area (Å²) >= 11 is 0. The fourth-order valence-electron chi connectivity index (χ4n) is 7.64. The zero-order valence-corrected chi connectivity index (χ0v) is 18.7. The maximum atomic E-state index is 13.6. The van der Waals surface area contributed by atoms with Crippen LogP contribution in [-0.4, -0.2) is 49.7 Å². The fraction of sp³-hybridized carbons (Fsp3) is 0.731. The van der Waals surface area contributed by atoms with Crippen LogP contribution >= 0.6 is 0 Å². The lowest BCUT2D eigenvalue weighted by Crippen LogP contribution is -2.60. The number of ether oxygens (including phenoxy) is 1. The van der Waals surface area contributed by atoms with Crippen LogP contribution in [0.15, 0.2) is 30.3 Å². The van der Waals surface area contributed by atoms with Gasteiger partial charge in [0.05, 0.1) is 18.1 Å². The highest BCUT2D eigenvalue weighted by molar-refractivity contribution is 5.83. The van der Waals surface area contributed by atoms with Crippen molar-refractivity contribution in [1.82, 2.24) is 10.2 Å². The molecule has 1 saturated heterocycles. The molecular weight excluding hydrogens is 372 g/mol. The molecule has 5 aliphatic rings. The first-order valence-corrected chi connectivity index (χ1v) is 12.1. The topological polar surface area (TPSA) is 41.6 Å². The average molecular weight is 411 g/mol. The van der Waals surface area contributed by atoms with E-state index < -0.39 is 0 Å². The first-order chi connectivity index (χ1) is 14.5. The van der Waals surface area contributed by atoms with E-state index in [4.69, 9.17) is 4.74 Å². The third kappa shape index (κ3) is 3.82. The Balaban J connectivity index is 1.27. The number of nitrogens with one attached hydrogen (secondary N) is 1. The fourth-order valence-corrected chi connectivity index (χ4v) is 7.64. The molecule has 164 valence electrons. The lowest BCUT2D eigenvalue weighted by molar-refractivity contribution is -0.150. The van der Waals surface area contributed by atoms with E-state index in [9.17, 15) is 4.79 Å². The Bertz CT molecular complexity index is 748. The standard InChI is InChI=1S/C26H38N2O2/c1-19(2)16-28-8-9-30-23(17-28)15-27-24(29)26-13-20-10-21(14-26)12-25(11-20,18-26)22-6-4-3-5-7-22/h3-7,19-21,23H,8-18H2,1-2H3,(H,27,29)/t20-,21+,23-,25?,26?/m0/s1. The van der Waals surface area contributed by atoms with Crippen LogP contribution in [0.4, 0.5) is 0 Å². The smallest absolute Gasteiger partial charge is 0.226 e. The molecule has 0 radical (unpaired) electrons. The van der Waals surface area contributed by atoms with Gasteiger partial charge in [-0.05, 0) is 67.3 Å². The minimum Gasteiger partial charge on any atom is -0.374 e. The molecule has 30 heavy (non-hydrogen) atoms. The zero-order valence-electron chi connectivity index (χ0n) is 18.7. The van der Waals surface area contributed by atoms with Crippen molar-refractivity contribution in [2.75, 3.05) is 32.8 Å². The molecule has 0 aromatic heterocycles. The summed E-state index contributed by atoms with van der Waals surface area (Å²) in [5.41, 5.74) is 1.53. The molecule has 4 nitrogen and oxygen atoms in total. The number of morpholine rings is 1. The van der Waals surface area contributed by atoms with Crippen LogP contribution in [-0.2, 0) is 14.9 Å². The van der Waals surface area contributed by atoms with Gasteiger partial charge < -0.3 is 10.1 Å². The quantitative estimate of drug-likeness (QED) is 0.771. The van der Waals surface area contributed by atoms with Crippen molar-refractivity contribution in [3.8, 4) is 0 Å². The molecule has 5 atom stereocenters. The van der Waals surface area contributed by atoms with E-state index >= 15 is 0 Å². The summed E-state index contributed by atoms with van der Waals surface area (Å²) in [7, 11) is 0. The van der Waals surface area contributed by atoms with E-state index in [2.05, 4.69) is 54.4 Å². The van der Waals surface area contributed by atoms with Crippen LogP contribution in [0.1, 0.15) is 57.9 Å². The summed E-state index contributed by atoms with van der Waals surface area (Å²) in [6.07, 6.45) is 7.23. The molecular formula is C26H38N2O2. The molecule has 0 spiro atoms. The molecule has 4 aliphatic carbocycles. The Morgan fingerprint density at radius 2 is 1.90 bits per heavy atom. The maximum absolute atomic E-state index is 13.6. The van der Waals surface area contributed by atoms with Crippen LogP contribution in [0.3, 0.4) is 0 Å². The summed E-state index contributed by atoms with van der Waals surface area (Å²) in [5.74, 6) is 2.40.